The monoisotopic (exact) mass is 473 g/mol. The number of ether oxygens (including phenoxy) is 1. The molecule has 0 radical (unpaired) electrons. The molecule has 0 spiro atoms. The van der Waals surface area contributed by atoms with Gasteiger partial charge in [0.1, 0.15) is 16.7 Å². The number of sulfonamides is 1. The number of amides is 1. The molecule has 3 atom stereocenters. The number of rotatable bonds is 6. The van der Waals surface area contributed by atoms with Crippen molar-refractivity contribution in [3.8, 4) is 5.75 Å². The highest BCUT2D eigenvalue weighted by atomic mass is 32.2. The van der Waals surface area contributed by atoms with Crippen molar-refractivity contribution < 1.29 is 23.1 Å². The standard InChI is InChI=1S/C24H31N3O5S/c1-5-7-19-9-10-23-21(12-19)32-22(15-26(4)24(29)20-8-6-11-25-13-20)17(2)14-27(18(3)16-28)33(23,30)31/h5-13,17-18,22,28H,14-16H2,1-4H3/b7-5+/t17-,18-,22+/m1/s1. The fourth-order valence-corrected chi connectivity index (χ4v) is 5.64. The van der Waals surface area contributed by atoms with Gasteiger partial charge in [-0.25, -0.2) is 8.42 Å². The Morgan fingerprint density at radius 1 is 1.39 bits per heavy atom. The summed E-state index contributed by atoms with van der Waals surface area (Å²) in [6.45, 7) is 5.54. The van der Waals surface area contributed by atoms with Gasteiger partial charge in [-0.1, -0.05) is 25.1 Å². The van der Waals surface area contributed by atoms with Crippen LogP contribution in [0.4, 0.5) is 0 Å². The second-order valence-corrected chi connectivity index (χ2v) is 10.2. The smallest absolute Gasteiger partial charge is 0.255 e. The molecule has 0 saturated heterocycles. The topological polar surface area (TPSA) is 100 Å². The number of hydrogen-bond acceptors (Lipinski definition) is 6. The third kappa shape index (κ3) is 5.43. The van der Waals surface area contributed by atoms with Gasteiger partial charge in [-0.05, 0) is 43.7 Å². The van der Waals surface area contributed by atoms with Crippen molar-refractivity contribution in [1.82, 2.24) is 14.2 Å². The molecule has 0 fully saturated rings. The Morgan fingerprint density at radius 2 is 2.15 bits per heavy atom. The molecule has 2 heterocycles. The summed E-state index contributed by atoms with van der Waals surface area (Å²) in [5.41, 5.74) is 1.27. The summed E-state index contributed by atoms with van der Waals surface area (Å²) in [7, 11) is -2.21. The Labute approximate surface area is 195 Å². The number of aliphatic hydroxyl groups excluding tert-OH is 1. The lowest BCUT2D eigenvalue weighted by molar-refractivity contribution is 0.0563. The summed E-state index contributed by atoms with van der Waals surface area (Å²) >= 11 is 0. The molecular formula is C24H31N3O5S. The number of carbonyl (C=O) groups excluding carboxylic acids is 1. The average molecular weight is 474 g/mol. The molecule has 8 nitrogen and oxygen atoms in total. The van der Waals surface area contributed by atoms with Crippen LogP contribution < -0.4 is 4.74 Å². The summed E-state index contributed by atoms with van der Waals surface area (Å²) in [5, 5.41) is 9.73. The molecule has 0 unspecified atom stereocenters. The molecular weight excluding hydrogens is 442 g/mol. The van der Waals surface area contributed by atoms with E-state index in [0.717, 1.165) is 5.56 Å². The zero-order chi connectivity index (χ0) is 24.2. The van der Waals surface area contributed by atoms with E-state index in [1.165, 1.54) is 16.6 Å². The molecule has 1 aromatic heterocycles. The maximum Gasteiger partial charge on any atom is 0.255 e. The van der Waals surface area contributed by atoms with Gasteiger partial charge in [0.25, 0.3) is 5.91 Å². The van der Waals surface area contributed by atoms with E-state index >= 15 is 0 Å². The van der Waals surface area contributed by atoms with Crippen molar-refractivity contribution in [2.45, 2.75) is 37.8 Å². The molecule has 0 aliphatic carbocycles. The van der Waals surface area contributed by atoms with E-state index in [1.807, 2.05) is 26.0 Å². The third-order valence-corrected chi connectivity index (χ3v) is 7.78. The molecule has 1 aliphatic rings. The van der Waals surface area contributed by atoms with Gasteiger partial charge < -0.3 is 14.7 Å². The minimum Gasteiger partial charge on any atom is -0.487 e. The molecule has 0 bridgehead atoms. The van der Waals surface area contributed by atoms with E-state index in [4.69, 9.17) is 4.74 Å². The largest absolute Gasteiger partial charge is 0.487 e. The van der Waals surface area contributed by atoms with Crippen LogP contribution >= 0.6 is 0 Å². The number of aliphatic hydroxyl groups is 1. The van der Waals surface area contributed by atoms with Crippen molar-refractivity contribution in [2.75, 3.05) is 26.7 Å². The SMILES string of the molecule is C/C=C/c1ccc2c(c1)O[C@@H](CN(C)C(=O)c1cccnc1)[C@H](C)CN([C@H](C)CO)S2(=O)=O. The number of benzene rings is 1. The van der Waals surface area contributed by atoms with Gasteiger partial charge in [0.2, 0.25) is 10.0 Å². The molecule has 1 aromatic carbocycles. The molecule has 1 amide bonds. The van der Waals surface area contributed by atoms with E-state index in [2.05, 4.69) is 4.98 Å². The van der Waals surface area contributed by atoms with E-state index in [1.54, 1.807) is 49.3 Å². The molecule has 0 saturated carbocycles. The van der Waals surface area contributed by atoms with Gasteiger partial charge in [-0.15, -0.1) is 0 Å². The quantitative estimate of drug-likeness (QED) is 0.692. The number of allylic oxidation sites excluding steroid dienone is 1. The highest BCUT2D eigenvalue weighted by Gasteiger charge is 2.38. The number of nitrogens with zero attached hydrogens (tertiary/aromatic N) is 3. The molecule has 9 heteroatoms. The zero-order valence-corrected chi connectivity index (χ0v) is 20.2. The molecule has 33 heavy (non-hydrogen) atoms. The van der Waals surface area contributed by atoms with E-state index < -0.39 is 22.2 Å². The first-order valence-electron chi connectivity index (χ1n) is 10.9. The van der Waals surface area contributed by atoms with Gasteiger partial charge in [0.15, 0.2) is 0 Å². The van der Waals surface area contributed by atoms with Crippen LogP contribution in [0.3, 0.4) is 0 Å². The lowest BCUT2D eigenvalue weighted by atomic mass is 10.0. The van der Waals surface area contributed by atoms with Crippen LogP contribution in [-0.4, -0.2) is 72.5 Å². The van der Waals surface area contributed by atoms with Gasteiger partial charge in [-0.3, -0.25) is 9.78 Å². The summed E-state index contributed by atoms with van der Waals surface area (Å²) in [4.78, 5) is 18.5. The number of hydrogen-bond donors (Lipinski definition) is 1. The molecule has 1 aliphatic heterocycles. The van der Waals surface area contributed by atoms with Crippen molar-refractivity contribution in [3.05, 3.63) is 59.9 Å². The first kappa shape index (κ1) is 24.9. The minimum absolute atomic E-state index is 0.0502. The number of fused-ring (bicyclic) bond motifs is 1. The van der Waals surface area contributed by atoms with Crippen molar-refractivity contribution in [1.29, 1.82) is 0 Å². The maximum atomic E-state index is 13.5. The molecule has 3 rings (SSSR count). The van der Waals surface area contributed by atoms with Crippen molar-refractivity contribution in [2.24, 2.45) is 5.92 Å². The van der Waals surface area contributed by atoms with E-state index in [0.29, 0.717) is 5.56 Å². The summed E-state index contributed by atoms with van der Waals surface area (Å²) in [6, 6.07) is 7.75. The van der Waals surface area contributed by atoms with Crippen LogP contribution in [0, 0.1) is 5.92 Å². The van der Waals surface area contributed by atoms with Gasteiger partial charge in [-0.2, -0.15) is 4.31 Å². The highest BCUT2D eigenvalue weighted by Crippen LogP contribution is 2.34. The van der Waals surface area contributed by atoms with Crippen LogP contribution in [0.15, 0.2) is 53.7 Å². The first-order valence-corrected chi connectivity index (χ1v) is 12.3. The Kier molecular flexibility index (Phi) is 7.88. The van der Waals surface area contributed by atoms with E-state index in [9.17, 15) is 18.3 Å². The fourth-order valence-electron chi connectivity index (χ4n) is 3.82. The minimum atomic E-state index is -3.89. The predicted octanol–water partition coefficient (Wildman–Crippen LogP) is 2.66. The van der Waals surface area contributed by atoms with Gasteiger partial charge >= 0.3 is 0 Å². The first-order chi connectivity index (χ1) is 15.7. The Bertz CT molecular complexity index is 1100. The lowest BCUT2D eigenvalue weighted by Gasteiger charge is -2.37. The third-order valence-electron chi connectivity index (χ3n) is 5.76. The maximum absolute atomic E-state index is 13.5. The van der Waals surface area contributed by atoms with Crippen LogP contribution in [0.2, 0.25) is 0 Å². The number of pyridine rings is 1. The summed E-state index contributed by atoms with van der Waals surface area (Å²) in [5.74, 6) is -0.215. The Balaban J connectivity index is 2.01. The second-order valence-electron chi connectivity index (χ2n) is 8.37. The summed E-state index contributed by atoms with van der Waals surface area (Å²) in [6.07, 6.45) is 6.36. The van der Waals surface area contributed by atoms with E-state index in [-0.39, 0.29) is 42.2 Å². The van der Waals surface area contributed by atoms with Gasteiger partial charge in [0.05, 0.1) is 18.7 Å². The lowest BCUT2D eigenvalue weighted by Crippen LogP contribution is -2.50. The summed E-state index contributed by atoms with van der Waals surface area (Å²) < 4.78 is 34.5. The number of aromatic nitrogens is 1. The van der Waals surface area contributed by atoms with Crippen molar-refractivity contribution in [3.63, 3.8) is 0 Å². The highest BCUT2D eigenvalue weighted by molar-refractivity contribution is 7.89. The van der Waals surface area contributed by atoms with Crippen LogP contribution in [0.5, 0.6) is 5.75 Å². The Hall–Kier alpha value is -2.75. The van der Waals surface area contributed by atoms with Gasteiger partial charge in [0, 0.05) is 37.9 Å². The fraction of sp³-hybridized carbons (Fsp3) is 0.417. The molecule has 1 N–H and O–H groups in total. The second kappa shape index (κ2) is 10.5. The van der Waals surface area contributed by atoms with Crippen LogP contribution in [0.25, 0.3) is 6.08 Å². The van der Waals surface area contributed by atoms with Crippen LogP contribution in [-0.2, 0) is 10.0 Å². The average Bonchev–Trinajstić information content (AvgIpc) is 2.81. The molecule has 2 aromatic rings. The number of likely N-dealkylation sites (N-methyl/N-ethyl adjacent to an activating group) is 1. The molecule has 178 valence electrons. The number of carbonyl (C=O) groups is 1. The Morgan fingerprint density at radius 3 is 2.79 bits per heavy atom. The van der Waals surface area contributed by atoms with Crippen molar-refractivity contribution >= 4 is 22.0 Å². The predicted molar refractivity (Wildman–Crippen MR) is 126 cm³/mol. The van der Waals surface area contributed by atoms with Crippen LogP contribution in [0.1, 0.15) is 36.7 Å². The normalized spacial score (nSPS) is 21.5. The zero-order valence-electron chi connectivity index (χ0n) is 19.4.